The van der Waals surface area contributed by atoms with Crippen molar-refractivity contribution >= 4 is 33.0 Å². The molecule has 1 unspecified atom stereocenters. The molecule has 1 N–H and O–H groups in total. The van der Waals surface area contributed by atoms with Gasteiger partial charge in [0, 0.05) is 36.6 Å². The number of hydrogen-bond donors (Lipinski definition) is 1. The van der Waals surface area contributed by atoms with Crippen molar-refractivity contribution in [3.63, 3.8) is 0 Å². The molecule has 2 fully saturated rings. The lowest BCUT2D eigenvalue weighted by Crippen LogP contribution is -2.36. The van der Waals surface area contributed by atoms with Crippen LogP contribution in [0.3, 0.4) is 0 Å². The van der Waals surface area contributed by atoms with Crippen LogP contribution in [0.25, 0.3) is 11.0 Å². The van der Waals surface area contributed by atoms with E-state index in [1.165, 1.54) is 16.6 Å². The van der Waals surface area contributed by atoms with Gasteiger partial charge in [-0.3, -0.25) is 0 Å². The van der Waals surface area contributed by atoms with Crippen molar-refractivity contribution in [2.24, 2.45) is 16.2 Å². The molecule has 144 valence electrons. The van der Waals surface area contributed by atoms with Crippen molar-refractivity contribution in [1.29, 1.82) is 0 Å². The van der Waals surface area contributed by atoms with E-state index < -0.39 is 10.0 Å². The minimum absolute atomic E-state index is 0.215. The molecule has 1 aliphatic heterocycles. The Hall–Kier alpha value is -1.89. The molecule has 3 aliphatic rings. The molecule has 7 heteroatoms. The summed E-state index contributed by atoms with van der Waals surface area (Å²) in [6, 6.07) is 2.56. The summed E-state index contributed by atoms with van der Waals surface area (Å²) >= 11 is 0. The predicted molar refractivity (Wildman–Crippen MR) is 108 cm³/mol. The van der Waals surface area contributed by atoms with Crippen LogP contribution in [0.5, 0.6) is 0 Å². The molecular formula is C20H26N4O2S. The van der Waals surface area contributed by atoms with Gasteiger partial charge in [-0.2, -0.15) is 4.40 Å². The third kappa shape index (κ3) is 2.96. The molecular weight excluding hydrogens is 360 g/mol. The molecule has 0 saturated heterocycles. The van der Waals surface area contributed by atoms with Crippen LogP contribution in [0, 0.1) is 11.8 Å². The van der Waals surface area contributed by atoms with Gasteiger partial charge in [0.05, 0.1) is 10.9 Å². The van der Waals surface area contributed by atoms with E-state index >= 15 is 0 Å². The van der Waals surface area contributed by atoms with E-state index in [2.05, 4.69) is 32.3 Å². The van der Waals surface area contributed by atoms with Gasteiger partial charge in [0.2, 0.25) is 0 Å². The third-order valence-electron chi connectivity index (χ3n) is 6.53. The van der Waals surface area contributed by atoms with Crippen LogP contribution in [-0.4, -0.2) is 42.4 Å². The number of nitrogens with zero attached hydrogens (tertiary/aromatic N) is 3. The van der Waals surface area contributed by atoms with E-state index in [0.29, 0.717) is 12.0 Å². The van der Waals surface area contributed by atoms with Gasteiger partial charge in [0.15, 0.2) is 0 Å². The molecule has 0 bridgehead atoms. The second kappa shape index (κ2) is 6.33. The Balaban J connectivity index is 1.41. The van der Waals surface area contributed by atoms with Crippen molar-refractivity contribution in [1.82, 2.24) is 9.97 Å². The molecule has 3 heterocycles. The molecule has 0 amide bonds. The largest absolute Gasteiger partial charge is 0.367 e. The molecule has 27 heavy (non-hydrogen) atoms. The van der Waals surface area contributed by atoms with Crippen LogP contribution >= 0.6 is 0 Å². The molecule has 0 aromatic carbocycles. The van der Waals surface area contributed by atoms with Crippen LogP contribution in [0.2, 0.25) is 0 Å². The highest BCUT2D eigenvalue weighted by Gasteiger charge is 2.40. The first-order valence-electron chi connectivity index (χ1n) is 10.1. The van der Waals surface area contributed by atoms with Crippen molar-refractivity contribution in [2.45, 2.75) is 56.7 Å². The van der Waals surface area contributed by atoms with Gasteiger partial charge in [-0.15, -0.1) is 0 Å². The van der Waals surface area contributed by atoms with Crippen molar-refractivity contribution in [3.8, 4) is 0 Å². The maximum absolute atomic E-state index is 12.1. The van der Waals surface area contributed by atoms with E-state index in [9.17, 15) is 8.42 Å². The smallest absolute Gasteiger partial charge is 0.255 e. The minimum atomic E-state index is -3.26. The van der Waals surface area contributed by atoms with E-state index in [4.69, 9.17) is 0 Å². The zero-order valence-electron chi connectivity index (χ0n) is 15.6. The molecule has 5 rings (SSSR count). The Kier molecular flexibility index (Phi) is 4.04. The van der Waals surface area contributed by atoms with Gasteiger partial charge in [-0.1, -0.05) is 13.3 Å². The summed E-state index contributed by atoms with van der Waals surface area (Å²) in [6.07, 6.45) is 11.4. The quantitative estimate of drug-likeness (QED) is 0.800. The fourth-order valence-corrected chi connectivity index (χ4v) is 6.20. The van der Waals surface area contributed by atoms with Crippen LogP contribution in [0.15, 0.2) is 22.9 Å². The number of aromatic nitrogens is 2. The number of rotatable bonds is 5. The highest BCUT2D eigenvalue weighted by molar-refractivity contribution is 7.91. The number of aromatic amines is 1. The summed E-state index contributed by atoms with van der Waals surface area (Å²) in [4.78, 5) is 10.3. The Morgan fingerprint density at radius 2 is 2.22 bits per heavy atom. The lowest BCUT2D eigenvalue weighted by Gasteiger charge is -2.32. The van der Waals surface area contributed by atoms with Gasteiger partial charge >= 0.3 is 0 Å². The van der Waals surface area contributed by atoms with Crippen LogP contribution < -0.4 is 4.90 Å². The highest BCUT2D eigenvalue weighted by Crippen LogP contribution is 2.43. The first-order chi connectivity index (χ1) is 13.1. The topological polar surface area (TPSA) is 78.4 Å². The number of nitrogens with one attached hydrogen (secondary N) is 1. The number of pyridine rings is 1. The lowest BCUT2D eigenvalue weighted by atomic mass is 9.98. The minimum Gasteiger partial charge on any atom is -0.367 e. The number of hydrogen-bond acceptors (Lipinski definition) is 4. The van der Waals surface area contributed by atoms with E-state index in [-0.39, 0.29) is 11.2 Å². The monoisotopic (exact) mass is 386 g/mol. The third-order valence-corrected chi connectivity index (χ3v) is 8.26. The maximum atomic E-state index is 12.1. The molecule has 6 nitrogen and oxygen atoms in total. The molecule has 2 saturated carbocycles. The first kappa shape index (κ1) is 17.2. The van der Waals surface area contributed by atoms with E-state index in [0.717, 1.165) is 50.7 Å². The zero-order chi connectivity index (χ0) is 18.6. The molecule has 0 spiro atoms. The second-order valence-electron chi connectivity index (χ2n) is 8.25. The summed E-state index contributed by atoms with van der Waals surface area (Å²) in [5.41, 5.74) is 3.60. The predicted octanol–water partition coefficient (Wildman–Crippen LogP) is 3.29. The second-order valence-corrected chi connectivity index (χ2v) is 10.2. The number of H-pyrrole nitrogens is 1. The van der Waals surface area contributed by atoms with Gasteiger partial charge in [-0.25, -0.2) is 13.4 Å². The van der Waals surface area contributed by atoms with Gasteiger partial charge in [0.25, 0.3) is 10.0 Å². The van der Waals surface area contributed by atoms with E-state index in [1.54, 1.807) is 6.21 Å². The standard InChI is InChI=1S/C20H26N4O2S/c1-2-14-9-13(11-23-27(25,26)16-3-4-16)10-18(14)24-8-6-15-12-22-20-17(19(15)24)5-7-21-20/h5,7,11-14,16,18H,2-4,6,8-10H2,1H3,(H,21,22)/t13?,14-,18+/m1/s1. The Morgan fingerprint density at radius 3 is 3.00 bits per heavy atom. The fraction of sp³-hybridized carbons (Fsp3) is 0.600. The number of fused-ring (bicyclic) bond motifs is 3. The van der Waals surface area contributed by atoms with Crippen molar-refractivity contribution in [3.05, 3.63) is 24.0 Å². The SMILES string of the molecule is CC[C@@H]1CC(C=NS(=O)(=O)C2CC2)C[C@@H]1N1CCc2cnc3[nH]ccc3c21. The van der Waals surface area contributed by atoms with Crippen LogP contribution in [-0.2, 0) is 16.4 Å². The normalized spacial score (nSPS) is 28.5. The maximum Gasteiger partial charge on any atom is 0.255 e. The Bertz CT molecular complexity index is 993. The summed E-state index contributed by atoms with van der Waals surface area (Å²) in [6.45, 7) is 3.26. The van der Waals surface area contributed by atoms with Crippen molar-refractivity contribution < 1.29 is 8.42 Å². The summed E-state index contributed by atoms with van der Waals surface area (Å²) in [7, 11) is -3.26. The van der Waals surface area contributed by atoms with E-state index in [1.807, 2.05) is 12.4 Å². The van der Waals surface area contributed by atoms with Gasteiger partial charge in [0.1, 0.15) is 5.65 Å². The van der Waals surface area contributed by atoms with Crippen molar-refractivity contribution in [2.75, 3.05) is 11.4 Å². The first-order valence-corrected chi connectivity index (χ1v) is 11.6. The zero-order valence-corrected chi connectivity index (χ0v) is 16.5. The molecule has 0 radical (unpaired) electrons. The summed E-state index contributed by atoms with van der Waals surface area (Å²) in [5.74, 6) is 0.819. The Morgan fingerprint density at radius 1 is 1.37 bits per heavy atom. The van der Waals surface area contributed by atoms with Gasteiger partial charge < -0.3 is 9.88 Å². The average Bonchev–Trinajstić information content (AvgIpc) is 3.11. The number of sulfonamides is 1. The molecule has 2 aliphatic carbocycles. The average molecular weight is 387 g/mol. The van der Waals surface area contributed by atoms with Gasteiger partial charge in [-0.05, 0) is 55.6 Å². The summed E-state index contributed by atoms with van der Waals surface area (Å²) in [5, 5.41) is 0.987. The lowest BCUT2D eigenvalue weighted by molar-refractivity contribution is 0.442. The fourth-order valence-electron chi connectivity index (χ4n) is 4.95. The Labute approximate surface area is 160 Å². The highest BCUT2D eigenvalue weighted by atomic mass is 32.2. The molecule has 2 aromatic heterocycles. The molecule has 3 atom stereocenters. The van der Waals surface area contributed by atoms with Crippen LogP contribution in [0.1, 0.15) is 44.6 Å². The summed E-state index contributed by atoms with van der Waals surface area (Å²) < 4.78 is 28.2. The van der Waals surface area contributed by atoms with Crippen LogP contribution in [0.4, 0.5) is 5.69 Å². The number of anilines is 1. The molecule has 2 aromatic rings.